The van der Waals surface area contributed by atoms with E-state index in [0.29, 0.717) is 17.7 Å². The van der Waals surface area contributed by atoms with Gasteiger partial charge in [0.05, 0.1) is 27.2 Å². The fourth-order valence-corrected chi connectivity index (χ4v) is 4.72. The molecule has 3 heterocycles. The van der Waals surface area contributed by atoms with Crippen LogP contribution in [0.3, 0.4) is 0 Å². The number of nitrogens with zero attached hydrogens (tertiary/aromatic N) is 2. The Kier molecular flexibility index (Phi) is 4.12. The van der Waals surface area contributed by atoms with Gasteiger partial charge in [0.1, 0.15) is 0 Å². The minimum Gasteiger partial charge on any atom is -0.347 e. The van der Waals surface area contributed by atoms with E-state index in [9.17, 15) is 9.59 Å². The molecule has 1 aliphatic heterocycles. The zero-order chi connectivity index (χ0) is 19.1. The number of aromatic nitrogens is 3. The molecule has 1 aliphatic rings. The van der Waals surface area contributed by atoms with Gasteiger partial charge in [0, 0.05) is 18.8 Å². The second-order valence-electron chi connectivity index (χ2n) is 7.08. The van der Waals surface area contributed by atoms with Crippen molar-refractivity contribution in [3.8, 4) is 0 Å². The quantitative estimate of drug-likeness (QED) is 0.498. The highest BCUT2D eigenvalue weighted by Crippen LogP contribution is 2.31. The Morgan fingerprint density at radius 3 is 2.93 bits per heavy atom. The van der Waals surface area contributed by atoms with Gasteiger partial charge < -0.3 is 20.2 Å². The Bertz CT molecular complexity index is 1190. The third kappa shape index (κ3) is 3.16. The molecule has 0 saturated carbocycles. The van der Waals surface area contributed by atoms with E-state index in [1.54, 1.807) is 29.5 Å². The van der Waals surface area contributed by atoms with Crippen molar-refractivity contribution in [3.05, 3.63) is 52.9 Å². The van der Waals surface area contributed by atoms with E-state index >= 15 is 0 Å². The number of amides is 1. The molecule has 1 atom stereocenters. The Morgan fingerprint density at radius 2 is 2.04 bits per heavy atom. The van der Waals surface area contributed by atoms with Crippen LogP contribution in [0, 0.1) is 5.92 Å². The van der Waals surface area contributed by atoms with Crippen molar-refractivity contribution in [2.75, 3.05) is 23.3 Å². The zero-order valence-electron chi connectivity index (χ0n) is 15.1. The molecule has 0 aliphatic carbocycles. The number of piperidine rings is 1. The fourth-order valence-electron chi connectivity index (χ4n) is 3.71. The SMILES string of the molecule is O=C(Nc1ccc2[nH]c(=O)[nH]c2c1)[C@@H]1CCCN(c2nc3ccccc3s2)C1. The number of rotatable bonds is 3. The minimum absolute atomic E-state index is 0.00282. The van der Waals surface area contributed by atoms with Crippen LogP contribution < -0.4 is 15.9 Å². The molecule has 0 radical (unpaired) electrons. The molecule has 0 unspecified atom stereocenters. The highest BCUT2D eigenvalue weighted by Gasteiger charge is 2.27. The number of thiazole rings is 1. The van der Waals surface area contributed by atoms with E-state index in [0.717, 1.165) is 40.3 Å². The Morgan fingerprint density at radius 1 is 1.18 bits per heavy atom. The maximum atomic E-state index is 12.8. The monoisotopic (exact) mass is 393 g/mol. The van der Waals surface area contributed by atoms with Crippen LogP contribution in [-0.2, 0) is 4.79 Å². The Balaban J connectivity index is 1.32. The van der Waals surface area contributed by atoms with Gasteiger partial charge in [0.2, 0.25) is 5.91 Å². The number of H-pyrrole nitrogens is 2. The largest absolute Gasteiger partial charge is 0.347 e. The maximum Gasteiger partial charge on any atom is 0.323 e. The van der Waals surface area contributed by atoms with Crippen molar-refractivity contribution in [2.24, 2.45) is 5.92 Å². The number of carbonyl (C=O) groups is 1. The van der Waals surface area contributed by atoms with Gasteiger partial charge in [-0.3, -0.25) is 4.79 Å². The third-order valence-corrected chi connectivity index (χ3v) is 6.23. The second kappa shape index (κ2) is 6.79. The van der Waals surface area contributed by atoms with Crippen molar-refractivity contribution in [1.29, 1.82) is 0 Å². The summed E-state index contributed by atoms with van der Waals surface area (Å²) in [7, 11) is 0. The van der Waals surface area contributed by atoms with Gasteiger partial charge in [-0.15, -0.1) is 0 Å². The zero-order valence-corrected chi connectivity index (χ0v) is 15.9. The van der Waals surface area contributed by atoms with Crippen molar-refractivity contribution in [2.45, 2.75) is 12.8 Å². The molecule has 28 heavy (non-hydrogen) atoms. The normalized spacial score (nSPS) is 17.3. The molecule has 142 valence electrons. The van der Waals surface area contributed by atoms with E-state index in [1.165, 1.54) is 0 Å². The lowest BCUT2D eigenvalue weighted by Crippen LogP contribution is -2.40. The third-order valence-electron chi connectivity index (χ3n) is 5.13. The molecule has 7 nitrogen and oxygen atoms in total. The molecule has 1 fully saturated rings. The first-order valence-corrected chi connectivity index (χ1v) is 10.1. The molecular weight excluding hydrogens is 374 g/mol. The molecule has 2 aromatic carbocycles. The number of anilines is 2. The number of fused-ring (bicyclic) bond motifs is 2. The van der Waals surface area contributed by atoms with Crippen LogP contribution in [0.4, 0.5) is 10.8 Å². The average molecular weight is 393 g/mol. The number of hydrogen-bond donors (Lipinski definition) is 3. The van der Waals surface area contributed by atoms with Crippen molar-refractivity contribution in [3.63, 3.8) is 0 Å². The van der Waals surface area contributed by atoms with Gasteiger partial charge in [-0.2, -0.15) is 0 Å². The van der Waals surface area contributed by atoms with Crippen LogP contribution in [0.2, 0.25) is 0 Å². The fraction of sp³-hybridized carbons (Fsp3) is 0.250. The molecule has 3 N–H and O–H groups in total. The van der Waals surface area contributed by atoms with Gasteiger partial charge in [-0.05, 0) is 43.2 Å². The van der Waals surface area contributed by atoms with Gasteiger partial charge >= 0.3 is 5.69 Å². The first kappa shape index (κ1) is 17.0. The van der Waals surface area contributed by atoms with Crippen LogP contribution in [0.1, 0.15) is 12.8 Å². The lowest BCUT2D eigenvalue weighted by atomic mass is 9.97. The highest BCUT2D eigenvalue weighted by molar-refractivity contribution is 7.22. The topological polar surface area (TPSA) is 93.9 Å². The number of carbonyl (C=O) groups excluding carboxylic acids is 1. The molecule has 8 heteroatoms. The first-order chi connectivity index (χ1) is 13.7. The predicted molar refractivity (Wildman–Crippen MR) is 112 cm³/mol. The predicted octanol–water partition coefficient (Wildman–Crippen LogP) is 3.32. The smallest absolute Gasteiger partial charge is 0.323 e. The molecule has 1 saturated heterocycles. The van der Waals surface area contributed by atoms with Crippen molar-refractivity contribution < 1.29 is 4.79 Å². The summed E-state index contributed by atoms with van der Waals surface area (Å²) >= 11 is 1.67. The summed E-state index contributed by atoms with van der Waals surface area (Å²) in [5.74, 6) is -0.0928. The van der Waals surface area contributed by atoms with Crippen molar-refractivity contribution in [1.82, 2.24) is 15.0 Å². The summed E-state index contributed by atoms with van der Waals surface area (Å²) in [5, 5.41) is 3.97. The van der Waals surface area contributed by atoms with Crippen LogP contribution in [0.25, 0.3) is 21.3 Å². The summed E-state index contributed by atoms with van der Waals surface area (Å²) in [6, 6.07) is 13.5. The Labute approximate surface area is 164 Å². The molecule has 4 aromatic rings. The number of nitrogens with one attached hydrogen (secondary N) is 3. The van der Waals surface area contributed by atoms with E-state index in [4.69, 9.17) is 4.98 Å². The van der Waals surface area contributed by atoms with Gasteiger partial charge in [-0.25, -0.2) is 9.78 Å². The number of para-hydroxylation sites is 1. The van der Waals surface area contributed by atoms with Gasteiger partial charge in [-0.1, -0.05) is 23.5 Å². The molecule has 5 rings (SSSR count). The van der Waals surface area contributed by atoms with E-state index < -0.39 is 0 Å². The van der Waals surface area contributed by atoms with Crippen molar-refractivity contribution >= 4 is 49.3 Å². The maximum absolute atomic E-state index is 12.8. The van der Waals surface area contributed by atoms with Crippen LogP contribution in [0.5, 0.6) is 0 Å². The summed E-state index contributed by atoms with van der Waals surface area (Å²) in [5.41, 5.74) is 2.84. The summed E-state index contributed by atoms with van der Waals surface area (Å²) in [6.07, 6.45) is 1.81. The first-order valence-electron chi connectivity index (χ1n) is 9.29. The summed E-state index contributed by atoms with van der Waals surface area (Å²) in [4.78, 5) is 36.6. The van der Waals surface area contributed by atoms with E-state index in [2.05, 4.69) is 26.3 Å². The average Bonchev–Trinajstić information content (AvgIpc) is 3.30. The van der Waals surface area contributed by atoms with Crippen LogP contribution >= 0.6 is 11.3 Å². The number of aromatic amines is 2. The molecular formula is C20H19N5O2S. The molecule has 0 spiro atoms. The van der Waals surface area contributed by atoms with Gasteiger partial charge in [0.15, 0.2) is 5.13 Å². The Hall–Kier alpha value is -3.13. The highest BCUT2D eigenvalue weighted by atomic mass is 32.1. The number of hydrogen-bond acceptors (Lipinski definition) is 5. The molecule has 2 aromatic heterocycles. The minimum atomic E-state index is -0.253. The summed E-state index contributed by atoms with van der Waals surface area (Å²) in [6.45, 7) is 1.58. The standard InChI is InChI=1S/C20H19N5O2S/c26-18(21-13-7-8-14-16(10-13)23-19(27)22-14)12-4-3-9-25(11-12)20-24-15-5-1-2-6-17(15)28-20/h1-2,5-8,10,12H,3-4,9,11H2,(H,21,26)(H2,22,23,27)/t12-/m1/s1. The van der Waals surface area contributed by atoms with E-state index in [1.807, 2.05) is 18.2 Å². The molecule has 0 bridgehead atoms. The summed E-state index contributed by atoms with van der Waals surface area (Å²) < 4.78 is 1.16. The lowest BCUT2D eigenvalue weighted by Gasteiger charge is -2.31. The lowest BCUT2D eigenvalue weighted by molar-refractivity contribution is -0.120. The van der Waals surface area contributed by atoms with Crippen LogP contribution in [0.15, 0.2) is 47.3 Å². The molecule has 1 amide bonds. The van der Waals surface area contributed by atoms with Gasteiger partial charge in [0.25, 0.3) is 0 Å². The van der Waals surface area contributed by atoms with Crippen LogP contribution in [-0.4, -0.2) is 33.9 Å². The number of imidazole rings is 1. The van der Waals surface area contributed by atoms with E-state index in [-0.39, 0.29) is 17.5 Å². The number of benzene rings is 2. The second-order valence-corrected chi connectivity index (χ2v) is 8.09.